The van der Waals surface area contributed by atoms with Crippen molar-refractivity contribution in [3.63, 3.8) is 0 Å². The molecule has 0 saturated carbocycles. The van der Waals surface area contributed by atoms with Crippen molar-refractivity contribution in [2.24, 2.45) is 0 Å². The van der Waals surface area contributed by atoms with E-state index in [1.165, 1.54) is 10.8 Å². The zero-order valence-corrected chi connectivity index (χ0v) is 13.5. The lowest BCUT2D eigenvalue weighted by Crippen LogP contribution is -2.30. The number of ether oxygens (including phenoxy) is 1. The number of benzene rings is 3. The van der Waals surface area contributed by atoms with Crippen molar-refractivity contribution in [1.82, 2.24) is 0 Å². The van der Waals surface area contributed by atoms with E-state index in [0.29, 0.717) is 17.8 Å². The Bertz CT molecular complexity index is 866. The van der Waals surface area contributed by atoms with Gasteiger partial charge in [-0.1, -0.05) is 60.7 Å². The highest BCUT2D eigenvalue weighted by Gasteiger charge is 2.13. The van der Waals surface area contributed by atoms with Crippen LogP contribution in [-0.4, -0.2) is 23.8 Å². The van der Waals surface area contributed by atoms with Crippen molar-refractivity contribution < 1.29 is 14.8 Å². The quantitative estimate of drug-likeness (QED) is 0.561. The lowest BCUT2D eigenvalue weighted by molar-refractivity contribution is 0.340. The first-order valence-corrected chi connectivity index (χ1v) is 7.97. The zero-order valence-electron chi connectivity index (χ0n) is 13.5. The van der Waals surface area contributed by atoms with E-state index in [1.54, 1.807) is 12.1 Å². The maximum absolute atomic E-state index is 9.44. The standard InChI is InChI=1S/C20H19BO3/c1-2-24-19-13-15(12-18(14-19)21(22)23)10-11-17-8-5-7-16-6-3-4-9-20(16)17/h3-14,22-23H,2H2,1H3/b11-10+. The second-order valence-electron chi connectivity index (χ2n) is 5.54. The molecule has 0 heterocycles. The Kier molecular flexibility index (Phi) is 4.99. The second kappa shape index (κ2) is 7.34. The molecule has 0 aromatic heterocycles. The van der Waals surface area contributed by atoms with Crippen LogP contribution in [0, 0.1) is 0 Å². The number of hydrogen-bond acceptors (Lipinski definition) is 3. The average molecular weight is 318 g/mol. The topological polar surface area (TPSA) is 49.7 Å². The van der Waals surface area contributed by atoms with Gasteiger partial charge in [-0.2, -0.15) is 0 Å². The molecule has 24 heavy (non-hydrogen) atoms. The minimum absolute atomic E-state index is 0.415. The van der Waals surface area contributed by atoms with Crippen molar-refractivity contribution >= 4 is 35.5 Å². The summed E-state index contributed by atoms with van der Waals surface area (Å²) >= 11 is 0. The maximum Gasteiger partial charge on any atom is 0.488 e. The molecule has 3 aromatic rings. The highest BCUT2D eigenvalue weighted by atomic mass is 16.5. The molecular formula is C20H19BO3. The molecule has 0 spiro atoms. The van der Waals surface area contributed by atoms with Gasteiger partial charge in [0.1, 0.15) is 5.75 Å². The molecule has 3 aromatic carbocycles. The second-order valence-corrected chi connectivity index (χ2v) is 5.54. The molecule has 0 saturated heterocycles. The van der Waals surface area contributed by atoms with Gasteiger partial charge < -0.3 is 14.8 Å². The summed E-state index contributed by atoms with van der Waals surface area (Å²) in [6.07, 6.45) is 3.98. The maximum atomic E-state index is 9.44. The fraction of sp³-hybridized carbons (Fsp3) is 0.100. The van der Waals surface area contributed by atoms with Crippen molar-refractivity contribution in [2.75, 3.05) is 6.61 Å². The largest absolute Gasteiger partial charge is 0.494 e. The molecule has 0 aliphatic heterocycles. The number of fused-ring (bicyclic) bond motifs is 1. The third kappa shape index (κ3) is 3.67. The fourth-order valence-corrected chi connectivity index (χ4v) is 2.72. The van der Waals surface area contributed by atoms with E-state index in [2.05, 4.69) is 24.3 Å². The Morgan fingerprint density at radius 1 is 0.958 bits per heavy atom. The summed E-state index contributed by atoms with van der Waals surface area (Å²) in [7, 11) is -1.52. The first kappa shape index (κ1) is 16.3. The SMILES string of the molecule is CCOc1cc(/C=C/c2cccc3ccccc23)cc(B(O)O)c1. The monoisotopic (exact) mass is 318 g/mol. The molecule has 0 aliphatic rings. The van der Waals surface area contributed by atoms with E-state index >= 15 is 0 Å². The zero-order chi connectivity index (χ0) is 16.9. The molecule has 0 atom stereocenters. The third-order valence-corrected chi connectivity index (χ3v) is 3.84. The van der Waals surface area contributed by atoms with Gasteiger partial charge in [-0.25, -0.2) is 0 Å². The van der Waals surface area contributed by atoms with Crippen LogP contribution in [0.25, 0.3) is 22.9 Å². The first-order chi connectivity index (χ1) is 11.7. The molecule has 2 N–H and O–H groups in total. The van der Waals surface area contributed by atoms with E-state index in [4.69, 9.17) is 4.74 Å². The van der Waals surface area contributed by atoms with Crippen LogP contribution in [0.2, 0.25) is 0 Å². The lowest BCUT2D eigenvalue weighted by atomic mass is 9.79. The average Bonchev–Trinajstić information content (AvgIpc) is 2.60. The van der Waals surface area contributed by atoms with Crippen LogP contribution in [0.15, 0.2) is 60.7 Å². The van der Waals surface area contributed by atoms with Crippen LogP contribution in [0.5, 0.6) is 5.75 Å². The van der Waals surface area contributed by atoms with Crippen LogP contribution in [0.3, 0.4) is 0 Å². The van der Waals surface area contributed by atoms with E-state index < -0.39 is 7.12 Å². The summed E-state index contributed by atoms with van der Waals surface area (Å²) in [5.41, 5.74) is 2.39. The smallest absolute Gasteiger partial charge is 0.488 e. The molecule has 3 nitrogen and oxygen atoms in total. The minimum Gasteiger partial charge on any atom is -0.494 e. The molecule has 4 heteroatoms. The van der Waals surface area contributed by atoms with Crippen molar-refractivity contribution in [3.05, 3.63) is 71.8 Å². The van der Waals surface area contributed by atoms with Crippen LogP contribution < -0.4 is 10.2 Å². The van der Waals surface area contributed by atoms with E-state index in [0.717, 1.165) is 11.1 Å². The van der Waals surface area contributed by atoms with Gasteiger partial charge in [-0.3, -0.25) is 0 Å². The predicted molar refractivity (Wildman–Crippen MR) is 100 cm³/mol. The van der Waals surface area contributed by atoms with Gasteiger partial charge in [0, 0.05) is 0 Å². The van der Waals surface area contributed by atoms with Gasteiger partial charge in [0.15, 0.2) is 0 Å². The molecule has 0 fully saturated rings. The predicted octanol–water partition coefficient (Wildman–Crippen LogP) is 3.09. The fourth-order valence-electron chi connectivity index (χ4n) is 2.72. The van der Waals surface area contributed by atoms with Gasteiger partial charge in [0.25, 0.3) is 0 Å². The Morgan fingerprint density at radius 3 is 2.54 bits per heavy atom. The van der Waals surface area contributed by atoms with Crippen molar-refractivity contribution in [2.45, 2.75) is 6.92 Å². The summed E-state index contributed by atoms with van der Waals surface area (Å²) in [6.45, 7) is 2.42. The molecule has 120 valence electrons. The highest BCUT2D eigenvalue weighted by molar-refractivity contribution is 6.58. The molecule has 0 unspecified atom stereocenters. The summed E-state index contributed by atoms with van der Waals surface area (Å²) in [5, 5.41) is 21.3. The lowest BCUT2D eigenvalue weighted by Gasteiger charge is -2.08. The Hall–Kier alpha value is -2.56. The van der Waals surface area contributed by atoms with Crippen LogP contribution in [-0.2, 0) is 0 Å². The van der Waals surface area contributed by atoms with E-state index in [9.17, 15) is 10.0 Å². The number of hydrogen-bond donors (Lipinski definition) is 2. The van der Waals surface area contributed by atoms with Crippen LogP contribution >= 0.6 is 0 Å². The van der Waals surface area contributed by atoms with Gasteiger partial charge in [0.05, 0.1) is 6.61 Å². The Balaban J connectivity index is 1.98. The minimum atomic E-state index is -1.52. The molecule has 3 rings (SSSR count). The third-order valence-electron chi connectivity index (χ3n) is 3.84. The summed E-state index contributed by atoms with van der Waals surface area (Å²) in [5.74, 6) is 0.626. The summed E-state index contributed by atoms with van der Waals surface area (Å²) < 4.78 is 5.50. The normalized spacial score (nSPS) is 11.1. The van der Waals surface area contributed by atoms with Gasteiger partial charge >= 0.3 is 7.12 Å². The van der Waals surface area contributed by atoms with Crippen LogP contribution in [0.4, 0.5) is 0 Å². The van der Waals surface area contributed by atoms with Crippen molar-refractivity contribution in [3.8, 4) is 5.75 Å². The van der Waals surface area contributed by atoms with Gasteiger partial charge in [-0.05, 0) is 46.4 Å². The molecular weight excluding hydrogens is 299 g/mol. The van der Waals surface area contributed by atoms with E-state index in [-0.39, 0.29) is 0 Å². The molecule has 0 aliphatic carbocycles. The molecule has 0 radical (unpaired) electrons. The highest BCUT2D eigenvalue weighted by Crippen LogP contribution is 2.21. The Labute approximate surface area is 142 Å². The molecule has 0 amide bonds. The number of rotatable bonds is 5. The summed E-state index contributed by atoms with van der Waals surface area (Å²) in [4.78, 5) is 0. The molecule has 0 bridgehead atoms. The Morgan fingerprint density at radius 2 is 1.75 bits per heavy atom. The first-order valence-electron chi connectivity index (χ1n) is 7.97. The summed E-state index contributed by atoms with van der Waals surface area (Å²) in [6, 6.07) is 19.7. The van der Waals surface area contributed by atoms with Gasteiger partial charge in [-0.15, -0.1) is 0 Å². The van der Waals surface area contributed by atoms with Crippen molar-refractivity contribution in [1.29, 1.82) is 0 Å². The van der Waals surface area contributed by atoms with Crippen LogP contribution in [0.1, 0.15) is 18.1 Å². The van der Waals surface area contributed by atoms with E-state index in [1.807, 2.05) is 43.3 Å². The van der Waals surface area contributed by atoms with Gasteiger partial charge in [0.2, 0.25) is 0 Å².